The molecule has 0 aliphatic carbocycles. The maximum atomic E-state index is 5.54. The van der Waals surface area contributed by atoms with Crippen molar-refractivity contribution >= 4 is 34.1 Å². The van der Waals surface area contributed by atoms with Gasteiger partial charge in [-0.3, -0.25) is 0 Å². The fourth-order valence-corrected chi connectivity index (χ4v) is 3.61. The Bertz CT molecular complexity index is 538. The average molecular weight is 282 g/mol. The predicted octanol–water partition coefficient (Wildman–Crippen LogP) is 4.64. The molecule has 98 valence electrons. The van der Waals surface area contributed by atoms with Crippen molar-refractivity contribution in [1.82, 2.24) is 0 Å². The summed E-state index contributed by atoms with van der Waals surface area (Å²) >= 11 is 6.32. The molecule has 0 fully saturated rings. The van der Waals surface area contributed by atoms with Gasteiger partial charge in [-0.25, -0.2) is 0 Å². The van der Waals surface area contributed by atoms with Crippen LogP contribution in [-0.2, 0) is 0 Å². The molecule has 1 aromatic heterocycles. The minimum absolute atomic E-state index is 0.500. The summed E-state index contributed by atoms with van der Waals surface area (Å²) in [7, 11) is 3.39. The molecule has 1 heterocycles. The van der Waals surface area contributed by atoms with Crippen LogP contribution in [0.15, 0.2) is 11.0 Å². The summed E-state index contributed by atoms with van der Waals surface area (Å²) in [6.45, 7) is 6.40. The highest BCUT2D eigenvalue weighted by Gasteiger charge is 2.19. The van der Waals surface area contributed by atoms with E-state index in [2.05, 4.69) is 32.5 Å². The summed E-state index contributed by atoms with van der Waals surface area (Å²) in [6.07, 6.45) is 0. The molecule has 0 saturated carbocycles. The van der Waals surface area contributed by atoms with Crippen molar-refractivity contribution in [2.75, 3.05) is 14.2 Å². The summed E-state index contributed by atoms with van der Waals surface area (Å²) in [5.74, 6) is 2.25. The van der Waals surface area contributed by atoms with Crippen LogP contribution in [0.3, 0.4) is 0 Å². The summed E-state index contributed by atoms with van der Waals surface area (Å²) in [5.41, 5.74) is 1.03. The van der Waals surface area contributed by atoms with Crippen molar-refractivity contribution < 1.29 is 9.47 Å². The summed E-state index contributed by atoms with van der Waals surface area (Å²) in [5, 5.41) is 1.10. The van der Waals surface area contributed by atoms with Gasteiger partial charge in [0, 0.05) is 15.8 Å². The van der Waals surface area contributed by atoms with Crippen molar-refractivity contribution in [3.63, 3.8) is 0 Å². The first-order chi connectivity index (χ1) is 8.51. The summed E-state index contributed by atoms with van der Waals surface area (Å²) in [6, 6.07) is 2.19. The molecule has 2 nitrogen and oxygen atoms in total. The van der Waals surface area contributed by atoms with E-state index in [-0.39, 0.29) is 0 Å². The highest BCUT2D eigenvalue weighted by Crippen LogP contribution is 2.47. The van der Waals surface area contributed by atoms with Gasteiger partial charge in [-0.15, -0.1) is 24.0 Å². The van der Waals surface area contributed by atoms with Gasteiger partial charge in [0.25, 0.3) is 0 Å². The van der Waals surface area contributed by atoms with Crippen molar-refractivity contribution in [2.45, 2.75) is 31.6 Å². The maximum Gasteiger partial charge on any atom is 0.141 e. The van der Waals surface area contributed by atoms with Gasteiger partial charge in [-0.2, -0.15) is 0 Å². The number of benzene rings is 1. The third-order valence-corrected chi connectivity index (χ3v) is 5.06. The Balaban J connectivity index is 2.87. The Morgan fingerprint density at radius 1 is 1.17 bits per heavy atom. The lowest BCUT2D eigenvalue weighted by Gasteiger charge is -2.13. The van der Waals surface area contributed by atoms with Gasteiger partial charge in [-0.05, 0) is 18.9 Å². The zero-order valence-electron chi connectivity index (χ0n) is 11.3. The maximum absolute atomic E-state index is 5.54. The van der Waals surface area contributed by atoms with E-state index in [9.17, 15) is 0 Å². The minimum atomic E-state index is 0.500. The van der Waals surface area contributed by atoms with Crippen LogP contribution in [0.25, 0.3) is 10.1 Å². The third kappa shape index (κ3) is 1.97. The Morgan fingerprint density at radius 3 is 2.28 bits per heavy atom. The molecular weight excluding hydrogens is 264 g/mol. The lowest BCUT2D eigenvalue weighted by Crippen LogP contribution is -1.93. The van der Waals surface area contributed by atoms with Gasteiger partial charge >= 0.3 is 0 Å². The number of thiol groups is 1. The molecule has 0 aliphatic rings. The van der Waals surface area contributed by atoms with Crippen molar-refractivity contribution in [3.05, 3.63) is 16.5 Å². The van der Waals surface area contributed by atoms with E-state index in [1.807, 2.05) is 6.92 Å². The molecule has 0 atom stereocenters. The van der Waals surface area contributed by atoms with Gasteiger partial charge in [0.2, 0.25) is 0 Å². The van der Waals surface area contributed by atoms with Crippen LogP contribution < -0.4 is 9.47 Å². The van der Waals surface area contributed by atoms with Crippen molar-refractivity contribution in [1.29, 1.82) is 0 Å². The molecule has 0 unspecified atom stereocenters. The van der Waals surface area contributed by atoms with E-state index in [0.717, 1.165) is 32.0 Å². The molecule has 0 bridgehead atoms. The first-order valence-corrected chi connectivity index (χ1v) is 7.14. The average Bonchev–Trinajstić information content (AvgIpc) is 2.75. The van der Waals surface area contributed by atoms with Gasteiger partial charge in [0.1, 0.15) is 11.5 Å². The minimum Gasteiger partial charge on any atom is -0.495 e. The van der Waals surface area contributed by atoms with E-state index in [1.54, 1.807) is 25.6 Å². The van der Waals surface area contributed by atoms with Gasteiger partial charge in [0.15, 0.2) is 0 Å². The first-order valence-electron chi connectivity index (χ1n) is 5.88. The van der Waals surface area contributed by atoms with Gasteiger partial charge in [-0.1, -0.05) is 13.8 Å². The number of ether oxygens (including phenoxy) is 2. The number of methoxy groups -OCH3 is 2. The smallest absolute Gasteiger partial charge is 0.141 e. The Labute approximate surface area is 117 Å². The zero-order valence-corrected chi connectivity index (χ0v) is 13.0. The standard InChI is InChI=1S/C14H18O2S2/c1-7(2)10-6-9-12(16-5)13(17)8(3)11(15-4)14(9)18-10/h6-7,17H,1-5H3. The summed E-state index contributed by atoms with van der Waals surface area (Å²) in [4.78, 5) is 2.19. The highest BCUT2D eigenvalue weighted by atomic mass is 32.1. The highest BCUT2D eigenvalue weighted by molar-refractivity contribution is 7.80. The first kappa shape index (κ1) is 13.6. The van der Waals surface area contributed by atoms with Crippen molar-refractivity contribution in [2.24, 2.45) is 0 Å². The van der Waals surface area contributed by atoms with Crippen LogP contribution in [0.4, 0.5) is 0 Å². The van der Waals surface area contributed by atoms with Crippen LogP contribution in [0.2, 0.25) is 0 Å². The Kier molecular flexibility index (Phi) is 3.78. The lowest BCUT2D eigenvalue weighted by atomic mass is 10.1. The van der Waals surface area contributed by atoms with Crippen LogP contribution >= 0.6 is 24.0 Å². The second kappa shape index (κ2) is 5.02. The van der Waals surface area contributed by atoms with Gasteiger partial charge < -0.3 is 9.47 Å². The van der Waals surface area contributed by atoms with E-state index < -0.39 is 0 Å². The molecule has 1 aromatic carbocycles. The number of rotatable bonds is 3. The molecular formula is C14H18O2S2. The van der Waals surface area contributed by atoms with E-state index >= 15 is 0 Å². The molecule has 0 spiro atoms. The van der Waals surface area contributed by atoms with Crippen LogP contribution in [0.5, 0.6) is 11.5 Å². The molecule has 2 aromatic rings. The number of fused-ring (bicyclic) bond motifs is 1. The fourth-order valence-electron chi connectivity index (χ4n) is 2.06. The molecule has 18 heavy (non-hydrogen) atoms. The Hall–Kier alpha value is -0.870. The topological polar surface area (TPSA) is 18.5 Å². The number of hydrogen-bond acceptors (Lipinski definition) is 4. The molecule has 0 saturated heterocycles. The monoisotopic (exact) mass is 282 g/mol. The quantitative estimate of drug-likeness (QED) is 0.827. The zero-order chi connectivity index (χ0) is 13.4. The van der Waals surface area contributed by atoms with Crippen LogP contribution in [-0.4, -0.2) is 14.2 Å². The van der Waals surface area contributed by atoms with E-state index in [4.69, 9.17) is 9.47 Å². The second-order valence-corrected chi connectivity index (χ2v) is 6.12. The molecule has 2 rings (SSSR count). The molecule has 0 N–H and O–H groups in total. The molecule has 0 amide bonds. The largest absolute Gasteiger partial charge is 0.495 e. The Morgan fingerprint density at radius 2 is 1.78 bits per heavy atom. The van der Waals surface area contributed by atoms with Gasteiger partial charge in [0.05, 0.1) is 23.8 Å². The summed E-state index contributed by atoms with van der Waals surface area (Å²) < 4.78 is 12.2. The third-order valence-electron chi connectivity index (χ3n) is 3.09. The molecule has 0 radical (unpaired) electrons. The number of hydrogen-bond donors (Lipinski definition) is 1. The second-order valence-electron chi connectivity index (χ2n) is 4.59. The normalized spacial score (nSPS) is 11.3. The number of thiophene rings is 1. The fraction of sp³-hybridized carbons (Fsp3) is 0.429. The van der Waals surface area contributed by atoms with Crippen LogP contribution in [0, 0.1) is 6.92 Å². The van der Waals surface area contributed by atoms with Crippen molar-refractivity contribution in [3.8, 4) is 11.5 Å². The van der Waals surface area contributed by atoms with E-state index in [1.165, 1.54) is 4.88 Å². The van der Waals surface area contributed by atoms with E-state index in [0.29, 0.717) is 5.92 Å². The molecule has 4 heteroatoms. The molecule has 0 aliphatic heterocycles. The predicted molar refractivity (Wildman–Crippen MR) is 81.0 cm³/mol. The SMILES string of the molecule is COc1c(S)c(C)c(OC)c2sc(C(C)C)cc12. The van der Waals surface area contributed by atoms with Crippen LogP contribution in [0.1, 0.15) is 30.2 Å². The lowest BCUT2D eigenvalue weighted by molar-refractivity contribution is 0.399.